The lowest BCUT2D eigenvalue weighted by atomic mass is 10.4. The van der Waals surface area contributed by atoms with Crippen LogP contribution < -0.4 is 10.6 Å². The SMILES string of the molecule is Cc1nc(NCCN2CCOCC2)cc(NC2CC2)n1. The fourth-order valence-corrected chi connectivity index (χ4v) is 2.34. The zero-order valence-corrected chi connectivity index (χ0v) is 12.1. The Morgan fingerprint density at radius 1 is 1.25 bits per heavy atom. The summed E-state index contributed by atoms with van der Waals surface area (Å²) in [7, 11) is 0. The van der Waals surface area contributed by atoms with Gasteiger partial charge in [0.25, 0.3) is 0 Å². The maximum atomic E-state index is 5.35. The van der Waals surface area contributed by atoms with Crippen molar-refractivity contribution in [3.63, 3.8) is 0 Å². The van der Waals surface area contributed by atoms with E-state index in [1.807, 2.05) is 13.0 Å². The van der Waals surface area contributed by atoms with E-state index in [0.29, 0.717) is 6.04 Å². The average Bonchev–Trinajstić information content (AvgIpc) is 3.23. The van der Waals surface area contributed by atoms with Crippen LogP contribution in [0, 0.1) is 6.92 Å². The predicted molar refractivity (Wildman–Crippen MR) is 79.2 cm³/mol. The molecule has 0 unspecified atom stereocenters. The van der Waals surface area contributed by atoms with Gasteiger partial charge in [-0.3, -0.25) is 4.90 Å². The van der Waals surface area contributed by atoms with Crippen LogP contribution in [0.3, 0.4) is 0 Å². The maximum Gasteiger partial charge on any atom is 0.132 e. The standard InChI is InChI=1S/C14H23N5O/c1-11-16-13(10-14(17-11)18-12-2-3-12)15-4-5-19-6-8-20-9-7-19/h10,12H,2-9H2,1H3,(H2,15,16,17,18). The molecule has 110 valence electrons. The molecule has 2 aliphatic rings. The van der Waals surface area contributed by atoms with Crippen LogP contribution in [-0.4, -0.2) is 60.3 Å². The van der Waals surface area contributed by atoms with Gasteiger partial charge in [-0.15, -0.1) is 0 Å². The lowest BCUT2D eigenvalue weighted by Crippen LogP contribution is -2.39. The van der Waals surface area contributed by atoms with Gasteiger partial charge in [0, 0.05) is 38.3 Å². The second-order valence-corrected chi connectivity index (χ2v) is 5.49. The molecule has 1 saturated carbocycles. The van der Waals surface area contributed by atoms with Gasteiger partial charge >= 0.3 is 0 Å². The zero-order valence-electron chi connectivity index (χ0n) is 12.1. The largest absolute Gasteiger partial charge is 0.379 e. The molecule has 20 heavy (non-hydrogen) atoms. The Hall–Kier alpha value is -1.40. The monoisotopic (exact) mass is 277 g/mol. The Balaban J connectivity index is 1.49. The number of morpholine rings is 1. The number of aromatic nitrogens is 2. The minimum absolute atomic E-state index is 0.616. The smallest absolute Gasteiger partial charge is 0.132 e. The molecule has 0 aromatic carbocycles. The van der Waals surface area contributed by atoms with Crippen molar-refractivity contribution in [1.82, 2.24) is 14.9 Å². The molecule has 0 amide bonds. The summed E-state index contributed by atoms with van der Waals surface area (Å²) >= 11 is 0. The fourth-order valence-electron chi connectivity index (χ4n) is 2.34. The van der Waals surface area contributed by atoms with Crippen LogP contribution in [0.1, 0.15) is 18.7 Å². The van der Waals surface area contributed by atoms with E-state index in [1.54, 1.807) is 0 Å². The van der Waals surface area contributed by atoms with E-state index in [4.69, 9.17) is 4.74 Å². The van der Waals surface area contributed by atoms with Gasteiger partial charge in [-0.05, 0) is 19.8 Å². The van der Waals surface area contributed by atoms with Crippen molar-refractivity contribution in [3.05, 3.63) is 11.9 Å². The second kappa shape index (κ2) is 6.37. The predicted octanol–water partition coefficient (Wildman–Crippen LogP) is 1.10. The van der Waals surface area contributed by atoms with Gasteiger partial charge in [0.05, 0.1) is 13.2 Å². The highest BCUT2D eigenvalue weighted by molar-refractivity contribution is 5.48. The van der Waals surface area contributed by atoms with Gasteiger partial charge in [-0.2, -0.15) is 0 Å². The van der Waals surface area contributed by atoms with E-state index in [-0.39, 0.29) is 0 Å². The van der Waals surface area contributed by atoms with Gasteiger partial charge in [0.2, 0.25) is 0 Å². The second-order valence-electron chi connectivity index (χ2n) is 5.49. The lowest BCUT2D eigenvalue weighted by molar-refractivity contribution is 0.0398. The highest BCUT2D eigenvalue weighted by Crippen LogP contribution is 2.24. The Bertz CT molecular complexity index is 443. The number of hydrogen-bond acceptors (Lipinski definition) is 6. The van der Waals surface area contributed by atoms with Crippen LogP contribution in [0.2, 0.25) is 0 Å². The van der Waals surface area contributed by atoms with E-state index < -0.39 is 0 Å². The van der Waals surface area contributed by atoms with Crippen molar-refractivity contribution in [2.45, 2.75) is 25.8 Å². The molecule has 1 aromatic heterocycles. The summed E-state index contributed by atoms with van der Waals surface area (Å²) in [6, 6.07) is 2.62. The molecule has 0 atom stereocenters. The van der Waals surface area contributed by atoms with Crippen LogP contribution in [0.5, 0.6) is 0 Å². The first-order valence-electron chi connectivity index (χ1n) is 7.46. The van der Waals surface area contributed by atoms with Gasteiger partial charge in [-0.25, -0.2) is 9.97 Å². The summed E-state index contributed by atoms with van der Waals surface area (Å²) in [5.74, 6) is 2.66. The number of anilines is 2. The number of aryl methyl sites for hydroxylation is 1. The topological polar surface area (TPSA) is 62.3 Å². The van der Waals surface area contributed by atoms with Crippen molar-refractivity contribution in [2.75, 3.05) is 50.0 Å². The molecular weight excluding hydrogens is 254 g/mol. The molecule has 1 aliphatic carbocycles. The molecule has 1 aromatic rings. The summed E-state index contributed by atoms with van der Waals surface area (Å²) < 4.78 is 5.35. The zero-order chi connectivity index (χ0) is 13.8. The first-order chi connectivity index (χ1) is 9.79. The average molecular weight is 277 g/mol. The molecular formula is C14H23N5O. The number of ether oxygens (including phenoxy) is 1. The minimum Gasteiger partial charge on any atom is -0.379 e. The molecule has 2 N–H and O–H groups in total. The molecule has 0 spiro atoms. The summed E-state index contributed by atoms with van der Waals surface area (Å²) in [5.41, 5.74) is 0. The van der Waals surface area contributed by atoms with E-state index >= 15 is 0 Å². The van der Waals surface area contributed by atoms with E-state index in [9.17, 15) is 0 Å². The third-order valence-corrected chi connectivity index (χ3v) is 3.61. The quantitative estimate of drug-likeness (QED) is 0.812. The maximum absolute atomic E-state index is 5.35. The van der Waals surface area contributed by atoms with E-state index in [1.165, 1.54) is 12.8 Å². The number of nitrogens with zero attached hydrogens (tertiary/aromatic N) is 3. The first-order valence-corrected chi connectivity index (χ1v) is 7.46. The highest BCUT2D eigenvalue weighted by atomic mass is 16.5. The lowest BCUT2D eigenvalue weighted by Gasteiger charge is -2.26. The van der Waals surface area contributed by atoms with Crippen molar-refractivity contribution in [2.24, 2.45) is 0 Å². The normalized spacial score (nSPS) is 19.9. The van der Waals surface area contributed by atoms with Crippen molar-refractivity contribution < 1.29 is 4.74 Å². The Morgan fingerprint density at radius 2 is 2.00 bits per heavy atom. The van der Waals surface area contributed by atoms with Crippen LogP contribution in [-0.2, 0) is 4.74 Å². The van der Waals surface area contributed by atoms with Crippen LogP contribution in [0.25, 0.3) is 0 Å². The molecule has 2 heterocycles. The summed E-state index contributed by atoms with van der Waals surface area (Å²) in [5, 5.41) is 6.81. The first kappa shape index (κ1) is 13.6. The van der Waals surface area contributed by atoms with Crippen LogP contribution >= 0.6 is 0 Å². The number of nitrogens with one attached hydrogen (secondary N) is 2. The van der Waals surface area contributed by atoms with Crippen LogP contribution in [0.4, 0.5) is 11.6 Å². The third kappa shape index (κ3) is 4.05. The van der Waals surface area contributed by atoms with Gasteiger partial charge in [0.15, 0.2) is 0 Å². The fraction of sp³-hybridized carbons (Fsp3) is 0.714. The summed E-state index contributed by atoms with van der Waals surface area (Å²) in [6.45, 7) is 7.62. The van der Waals surface area contributed by atoms with E-state index in [0.717, 1.165) is 56.9 Å². The molecule has 6 heteroatoms. The van der Waals surface area contributed by atoms with Gasteiger partial charge in [-0.1, -0.05) is 0 Å². The third-order valence-electron chi connectivity index (χ3n) is 3.61. The van der Waals surface area contributed by atoms with Crippen LogP contribution in [0.15, 0.2) is 6.07 Å². The highest BCUT2D eigenvalue weighted by Gasteiger charge is 2.21. The molecule has 1 aliphatic heterocycles. The Morgan fingerprint density at radius 3 is 2.75 bits per heavy atom. The molecule has 1 saturated heterocycles. The van der Waals surface area contributed by atoms with E-state index in [2.05, 4.69) is 25.5 Å². The summed E-state index contributed by atoms with van der Waals surface area (Å²) in [6.07, 6.45) is 2.51. The van der Waals surface area contributed by atoms with Crippen molar-refractivity contribution >= 4 is 11.6 Å². The van der Waals surface area contributed by atoms with Crippen molar-refractivity contribution in [3.8, 4) is 0 Å². The number of hydrogen-bond donors (Lipinski definition) is 2. The number of rotatable bonds is 6. The molecule has 2 fully saturated rings. The minimum atomic E-state index is 0.616. The summed E-state index contributed by atoms with van der Waals surface area (Å²) in [4.78, 5) is 11.3. The molecule has 6 nitrogen and oxygen atoms in total. The van der Waals surface area contributed by atoms with Gasteiger partial charge < -0.3 is 15.4 Å². The molecule has 0 radical (unpaired) electrons. The molecule has 0 bridgehead atoms. The van der Waals surface area contributed by atoms with Gasteiger partial charge in [0.1, 0.15) is 17.5 Å². The molecule has 3 rings (SSSR count). The van der Waals surface area contributed by atoms with Crippen molar-refractivity contribution in [1.29, 1.82) is 0 Å². The Labute approximate surface area is 119 Å². The Kier molecular flexibility index (Phi) is 4.32.